The number of aliphatic hydroxyl groups excluding tert-OH is 1. The predicted molar refractivity (Wildman–Crippen MR) is 142 cm³/mol. The van der Waals surface area contributed by atoms with Crippen LogP contribution in [0, 0.1) is 0 Å². The second kappa shape index (κ2) is 26.3. The number of nitrogens with one attached hydrogen (secondary N) is 1. The number of hydrogen-bond acceptors (Lipinski definition) is 4. The molecule has 0 fully saturated rings. The topological polar surface area (TPSA) is 107 Å². The van der Waals surface area contributed by atoms with Crippen LogP contribution in [0.5, 0.6) is 0 Å². The Morgan fingerprint density at radius 1 is 0.853 bits per heavy atom. The summed E-state index contributed by atoms with van der Waals surface area (Å²) in [6.07, 6.45) is 21.9. The summed E-state index contributed by atoms with van der Waals surface area (Å²) in [6, 6.07) is -0.429. The Morgan fingerprint density at radius 3 is 1.91 bits per heavy atom. The van der Waals surface area contributed by atoms with Gasteiger partial charge in [-0.1, -0.05) is 115 Å². The molecular weight excluding hydrogens is 428 g/mol. The lowest BCUT2D eigenvalue weighted by atomic mass is 10.1. The van der Waals surface area contributed by atoms with Crippen LogP contribution in [0.4, 0.5) is 0 Å². The molecular formula is C27H54N4O3. The Balaban J connectivity index is 3.77. The highest BCUT2D eigenvalue weighted by Crippen LogP contribution is 2.13. The van der Waals surface area contributed by atoms with Gasteiger partial charge in [-0.3, -0.25) is 4.79 Å². The van der Waals surface area contributed by atoms with Gasteiger partial charge in [0.05, 0.1) is 19.3 Å². The fourth-order valence-corrected chi connectivity index (χ4v) is 4.15. The van der Waals surface area contributed by atoms with E-state index >= 15 is 0 Å². The van der Waals surface area contributed by atoms with E-state index < -0.39 is 0 Å². The van der Waals surface area contributed by atoms with Crippen molar-refractivity contribution >= 4 is 5.91 Å². The van der Waals surface area contributed by atoms with Crippen molar-refractivity contribution in [2.45, 2.75) is 148 Å². The highest BCUT2D eigenvalue weighted by Gasteiger charge is 2.12. The number of rotatable bonds is 26. The fraction of sp³-hybridized carbons (Fsp3) is 0.963. The molecule has 0 aromatic heterocycles. The summed E-state index contributed by atoms with van der Waals surface area (Å²) in [5.74, 6) is -0.0161. The van der Waals surface area contributed by atoms with Crippen LogP contribution in [0.3, 0.4) is 0 Å². The molecule has 0 unspecified atom stereocenters. The largest absolute Gasteiger partial charge is 0.394 e. The lowest BCUT2D eigenvalue weighted by Gasteiger charge is -2.17. The number of aliphatic hydroxyl groups is 1. The molecule has 0 spiro atoms. The van der Waals surface area contributed by atoms with E-state index in [1.54, 1.807) is 0 Å². The van der Waals surface area contributed by atoms with Crippen molar-refractivity contribution in [1.29, 1.82) is 0 Å². The second-order valence-corrected chi connectivity index (χ2v) is 9.66. The quantitative estimate of drug-likeness (QED) is 0.0573. The van der Waals surface area contributed by atoms with Crippen LogP contribution in [-0.2, 0) is 9.53 Å². The number of amides is 1. The maximum Gasteiger partial charge on any atom is 0.220 e. The molecule has 34 heavy (non-hydrogen) atoms. The normalized spacial score (nSPS) is 12.8. The van der Waals surface area contributed by atoms with Crippen molar-refractivity contribution in [3.63, 3.8) is 0 Å². The summed E-state index contributed by atoms with van der Waals surface area (Å²) in [6.45, 7) is 5.05. The lowest BCUT2D eigenvalue weighted by Crippen LogP contribution is -2.40. The standard InChI is InChI=1S/C27H54N4O3/c1-3-5-7-9-10-11-12-13-14-16-18-20-27(33)29-26(23-32)24-34-22-21-25(30-31-28)19-17-15-8-6-4-2/h25-26,32H,3-24H2,1-2H3,(H,29,33)/t25-,26+/m1/s1. The fourth-order valence-electron chi connectivity index (χ4n) is 4.15. The van der Waals surface area contributed by atoms with Gasteiger partial charge in [0.1, 0.15) is 0 Å². The summed E-state index contributed by atoms with van der Waals surface area (Å²) in [7, 11) is 0. The molecule has 0 radical (unpaired) electrons. The average molecular weight is 483 g/mol. The number of unbranched alkanes of at least 4 members (excludes halogenated alkanes) is 14. The molecule has 0 aliphatic rings. The molecule has 2 N–H and O–H groups in total. The van der Waals surface area contributed by atoms with E-state index in [0.29, 0.717) is 19.4 Å². The molecule has 200 valence electrons. The van der Waals surface area contributed by atoms with Crippen LogP contribution >= 0.6 is 0 Å². The third kappa shape index (κ3) is 22.5. The van der Waals surface area contributed by atoms with Crippen molar-refractivity contribution in [2.24, 2.45) is 5.11 Å². The SMILES string of the molecule is CCCCCCCCCCCCCC(=O)N[C@@H](CO)COCC[C@@H](CCCCCCC)N=[N+]=[N-]. The molecule has 2 atom stereocenters. The van der Waals surface area contributed by atoms with E-state index in [1.807, 2.05) is 0 Å². The van der Waals surface area contributed by atoms with Crippen molar-refractivity contribution in [3.05, 3.63) is 10.4 Å². The first-order chi connectivity index (χ1) is 16.7. The van der Waals surface area contributed by atoms with E-state index in [9.17, 15) is 9.90 Å². The Hall–Kier alpha value is -1.30. The number of nitrogens with zero attached hydrogens (tertiary/aromatic N) is 3. The van der Waals surface area contributed by atoms with Crippen molar-refractivity contribution < 1.29 is 14.6 Å². The molecule has 0 saturated heterocycles. The Labute approximate surface area is 209 Å². The molecule has 0 bridgehead atoms. The van der Waals surface area contributed by atoms with Crippen molar-refractivity contribution in [2.75, 3.05) is 19.8 Å². The summed E-state index contributed by atoms with van der Waals surface area (Å²) >= 11 is 0. The zero-order chi connectivity index (χ0) is 25.1. The third-order valence-electron chi connectivity index (χ3n) is 6.36. The van der Waals surface area contributed by atoms with Crippen molar-refractivity contribution in [3.8, 4) is 0 Å². The number of carbonyl (C=O) groups excluding carboxylic acids is 1. The maximum absolute atomic E-state index is 12.2. The first kappa shape index (κ1) is 32.7. The zero-order valence-corrected chi connectivity index (χ0v) is 22.3. The molecule has 0 heterocycles. The Kier molecular flexibility index (Phi) is 25.3. The third-order valence-corrected chi connectivity index (χ3v) is 6.36. The van der Waals surface area contributed by atoms with Crippen LogP contribution < -0.4 is 5.32 Å². The minimum atomic E-state index is -0.382. The van der Waals surface area contributed by atoms with Gasteiger partial charge in [0.2, 0.25) is 5.91 Å². The number of carbonyl (C=O) groups is 1. The highest BCUT2D eigenvalue weighted by molar-refractivity contribution is 5.76. The molecule has 0 aromatic rings. The van der Waals surface area contributed by atoms with Gasteiger partial charge >= 0.3 is 0 Å². The second-order valence-electron chi connectivity index (χ2n) is 9.66. The van der Waals surface area contributed by atoms with Crippen molar-refractivity contribution in [1.82, 2.24) is 5.32 Å². The van der Waals surface area contributed by atoms with Gasteiger partial charge in [-0.05, 0) is 24.8 Å². The molecule has 0 saturated carbocycles. The molecule has 7 heteroatoms. The molecule has 0 aliphatic carbocycles. The maximum atomic E-state index is 12.2. The number of ether oxygens (including phenoxy) is 1. The van der Waals surface area contributed by atoms with Gasteiger partial charge in [-0.25, -0.2) is 0 Å². The highest BCUT2D eigenvalue weighted by atomic mass is 16.5. The Morgan fingerprint density at radius 2 is 1.38 bits per heavy atom. The van der Waals surface area contributed by atoms with Gasteiger partial charge in [0, 0.05) is 24.0 Å². The average Bonchev–Trinajstić information content (AvgIpc) is 2.84. The smallest absolute Gasteiger partial charge is 0.220 e. The number of hydrogen-bond donors (Lipinski definition) is 2. The van der Waals surface area contributed by atoms with E-state index in [1.165, 1.54) is 83.5 Å². The van der Waals surface area contributed by atoms with Gasteiger partial charge in [-0.15, -0.1) is 0 Å². The first-order valence-corrected chi connectivity index (χ1v) is 14.2. The molecule has 7 nitrogen and oxygen atoms in total. The van der Waals surface area contributed by atoms with Crippen LogP contribution in [0.15, 0.2) is 5.11 Å². The van der Waals surface area contributed by atoms with Crippen LogP contribution in [0.25, 0.3) is 10.4 Å². The number of azide groups is 1. The molecule has 1 amide bonds. The zero-order valence-electron chi connectivity index (χ0n) is 22.3. The summed E-state index contributed by atoms with van der Waals surface area (Å²) in [5.41, 5.74) is 8.78. The van der Waals surface area contributed by atoms with E-state index in [0.717, 1.165) is 25.7 Å². The molecule has 0 aromatic carbocycles. The predicted octanol–water partition coefficient (Wildman–Crippen LogP) is 7.61. The Bertz CT molecular complexity index is 498. The molecule has 0 rings (SSSR count). The minimum Gasteiger partial charge on any atom is -0.394 e. The van der Waals surface area contributed by atoms with E-state index in [-0.39, 0.29) is 31.2 Å². The molecule has 0 aliphatic heterocycles. The lowest BCUT2D eigenvalue weighted by molar-refractivity contribution is -0.122. The first-order valence-electron chi connectivity index (χ1n) is 14.2. The van der Waals surface area contributed by atoms with Crippen LogP contribution in [0.1, 0.15) is 136 Å². The van der Waals surface area contributed by atoms with E-state index in [4.69, 9.17) is 10.3 Å². The van der Waals surface area contributed by atoms with E-state index in [2.05, 4.69) is 29.2 Å². The van der Waals surface area contributed by atoms with Gasteiger partial charge in [0.25, 0.3) is 0 Å². The minimum absolute atomic E-state index is 0.0161. The van der Waals surface area contributed by atoms with Gasteiger partial charge in [-0.2, -0.15) is 0 Å². The summed E-state index contributed by atoms with van der Waals surface area (Å²) in [5, 5.41) is 16.3. The summed E-state index contributed by atoms with van der Waals surface area (Å²) in [4.78, 5) is 15.1. The van der Waals surface area contributed by atoms with Gasteiger partial charge < -0.3 is 15.2 Å². The monoisotopic (exact) mass is 482 g/mol. The van der Waals surface area contributed by atoms with Crippen LogP contribution in [0.2, 0.25) is 0 Å². The van der Waals surface area contributed by atoms with Gasteiger partial charge in [0.15, 0.2) is 0 Å². The van der Waals surface area contributed by atoms with Crippen LogP contribution in [-0.4, -0.2) is 42.9 Å². The summed E-state index contributed by atoms with van der Waals surface area (Å²) < 4.78 is 5.66.